The number of benzene rings is 2. The summed E-state index contributed by atoms with van der Waals surface area (Å²) < 4.78 is 25.4. The predicted molar refractivity (Wildman–Crippen MR) is 102 cm³/mol. The van der Waals surface area contributed by atoms with Gasteiger partial charge in [0.2, 0.25) is 5.91 Å². The molecule has 0 bridgehead atoms. The maximum absolute atomic E-state index is 12.2. The Bertz CT molecular complexity index is 1030. The van der Waals surface area contributed by atoms with Crippen LogP contribution in [-0.4, -0.2) is 25.1 Å². The third kappa shape index (κ3) is 4.24. The summed E-state index contributed by atoms with van der Waals surface area (Å²) in [6.45, 7) is 3.98. The van der Waals surface area contributed by atoms with Crippen LogP contribution in [0.3, 0.4) is 0 Å². The van der Waals surface area contributed by atoms with E-state index in [1.165, 1.54) is 11.3 Å². The summed E-state index contributed by atoms with van der Waals surface area (Å²) >= 11 is 1.34. The monoisotopic (exact) mass is 374 g/mol. The van der Waals surface area contributed by atoms with Crippen molar-refractivity contribution in [1.29, 1.82) is 0 Å². The molecule has 3 aromatic rings. The highest BCUT2D eigenvalue weighted by atomic mass is 32.2. The van der Waals surface area contributed by atoms with Crippen molar-refractivity contribution in [3.63, 3.8) is 0 Å². The third-order valence-electron chi connectivity index (χ3n) is 3.91. The maximum Gasteiger partial charge on any atom is 0.241 e. The molecular formula is C18H18N2O3S2. The molecule has 0 aliphatic carbocycles. The van der Waals surface area contributed by atoms with Crippen LogP contribution in [0.5, 0.6) is 0 Å². The maximum atomic E-state index is 12.2. The van der Waals surface area contributed by atoms with Gasteiger partial charge in [-0.1, -0.05) is 47.7 Å². The van der Waals surface area contributed by atoms with Crippen LogP contribution in [0.15, 0.2) is 42.5 Å². The van der Waals surface area contributed by atoms with Crippen molar-refractivity contribution in [3.05, 3.63) is 59.2 Å². The van der Waals surface area contributed by atoms with Gasteiger partial charge in [-0.2, -0.15) is 0 Å². The van der Waals surface area contributed by atoms with Crippen molar-refractivity contribution < 1.29 is 13.2 Å². The van der Waals surface area contributed by atoms with E-state index in [1.807, 2.05) is 32.0 Å². The number of amides is 1. The average Bonchev–Trinajstić information content (AvgIpc) is 2.94. The molecular weight excluding hydrogens is 356 g/mol. The van der Waals surface area contributed by atoms with Gasteiger partial charge in [0.25, 0.3) is 0 Å². The lowest BCUT2D eigenvalue weighted by Crippen LogP contribution is -2.23. The smallest absolute Gasteiger partial charge is 0.241 e. The Morgan fingerprint density at radius 2 is 1.84 bits per heavy atom. The molecule has 0 spiro atoms. The number of fused-ring (bicyclic) bond motifs is 1. The zero-order chi connectivity index (χ0) is 18.0. The number of anilines is 1. The van der Waals surface area contributed by atoms with Crippen molar-refractivity contribution >= 4 is 42.4 Å². The number of carbonyl (C=O) groups excluding carboxylic acids is 1. The van der Waals surface area contributed by atoms with Gasteiger partial charge in [0.1, 0.15) is 5.75 Å². The molecule has 1 N–H and O–H groups in total. The highest BCUT2D eigenvalue weighted by Crippen LogP contribution is 2.29. The van der Waals surface area contributed by atoms with E-state index in [1.54, 1.807) is 24.3 Å². The Labute approximate surface area is 150 Å². The molecule has 2 aromatic carbocycles. The Balaban J connectivity index is 1.71. The zero-order valence-electron chi connectivity index (χ0n) is 13.9. The molecule has 5 nitrogen and oxygen atoms in total. The minimum absolute atomic E-state index is 0.153. The minimum atomic E-state index is -3.53. The first-order valence-corrected chi connectivity index (χ1v) is 10.4. The Hall–Kier alpha value is -2.25. The second-order valence-electron chi connectivity index (χ2n) is 5.94. The second-order valence-corrected chi connectivity index (χ2v) is 9.03. The summed E-state index contributed by atoms with van der Waals surface area (Å²) in [5.41, 5.74) is 3.70. The number of sulfone groups is 1. The predicted octanol–water partition coefficient (Wildman–Crippen LogP) is 3.47. The van der Waals surface area contributed by atoms with Crippen molar-refractivity contribution in [1.82, 2.24) is 4.98 Å². The molecule has 0 fully saturated rings. The molecule has 130 valence electrons. The molecule has 7 heteroatoms. The number of aromatic nitrogens is 1. The van der Waals surface area contributed by atoms with Crippen LogP contribution in [0.4, 0.5) is 5.13 Å². The van der Waals surface area contributed by atoms with Crippen molar-refractivity contribution in [2.24, 2.45) is 0 Å². The van der Waals surface area contributed by atoms with Gasteiger partial charge in [-0.25, -0.2) is 13.4 Å². The van der Waals surface area contributed by atoms with E-state index in [-0.39, 0.29) is 5.75 Å². The van der Waals surface area contributed by atoms with Crippen molar-refractivity contribution in [2.75, 3.05) is 11.1 Å². The van der Waals surface area contributed by atoms with Gasteiger partial charge in [0, 0.05) is 0 Å². The van der Waals surface area contributed by atoms with E-state index < -0.39 is 21.5 Å². The van der Waals surface area contributed by atoms with Gasteiger partial charge in [-0.3, -0.25) is 4.79 Å². The van der Waals surface area contributed by atoms with Crippen LogP contribution in [0.25, 0.3) is 10.2 Å². The molecule has 0 radical (unpaired) electrons. The van der Waals surface area contributed by atoms with Crippen LogP contribution < -0.4 is 5.32 Å². The fourth-order valence-corrected chi connectivity index (χ4v) is 4.73. The molecule has 25 heavy (non-hydrogen) atoms. The normalized spacial score (nSPS) is 11.6. The van der Waals surface area contributed by atoms with E-state index in [9.17, 15) is 13.2 Å². The van der Waals surface area contributed by atoms with Crippen LogP contribution in [0.2, 0.25) is 0 Å². The summed E-state index contributed by atoms with van der Waals surface area (Å²) in [5, 5.41) is 3.03. The highest BCUT2D eigenvalue weighted by molar-refractivity contribution is 7.91. The number of carbonyl (C=O) groups is 1. The molecule has 1 amide bonds. The van der Waals surface area contributed by atoms with Crippen LogP contribution >= 0.6 is 11.3 Å². The molecule has 0 aliphatic heterocycles. The van der Waals surface area contributed by atoms with E-state index in [0.29, 0.717) is 10.7 Å². The number of aryl methyl sites for hydroxylation is 2. The van der Waals surface area contributed by atoms with Gasteiger partial charge < -0.3 is 5.32 Å². The van der Waals surface area contributed by atoms with Gasteiger partial charge in [0.15, 0.2) is 15.0 Å². The lowest BCUT2D eigenvalue weighted by Gasteiger charge is -2.04. The highest BCUT2D eigenvalue weighted by Gasteiger charge is 2.19. The molecule has 1 heterocycles. The topological polar surface area (TPSA) is 76.1 Å². The number of nitrogens with one attached hydrogen (secondary N) is 1. The third-order valence-corrected chi connectivity index (χ3v) is 6.32. The molecule has 0 unspecified atom stereocenters. The summed E-state index contributed by atoms with van der Waals surface area (Å²) in [4.78, 5) is 16.5. The molecule has 0 atom stereocenters. The quantitative estimate of drug-likeness (QED) is 0.742. The first-order valence-electron chi connectivity index (χ1n) is 7.75. The lowest BCUT2D eigenvalue weighted by molar-refractivity contribution is -0.113. The Kier molecular flexibility index (Phi) is 4.87. The largest absolute Gasteiger partial charge is 0.301 e. The number of hydrogen-bond donors (Lipinski definition) is 1. The number of thiazole rings is 1. The van der Waals surface area contributed by atoms with Crippen LogP contribution in [0, 0.1) is 13.8 Å². The lowest BCUT2D eigenvalue weighted by atomic mass is 10.1. The molecule has 0 aliphatic rings. The molecule has 0 saturated carbocycles. The number of hydrogen-bond acceptors (Lipinski definition) is 5. The minimum Gasteiger partial charge on any atom is -0.301 e. The SMILES string of the molecule is Cc1ccc2sc(NC(=O)CS(=O)(=O)Cc3ccccc3)nc2c1C. The van der Waals surface area contributed by atoms with E-state index in [2.05, 4.69) is 10.3 Å². The summed E-state index contributed by atoms with van der Waals surface area (Å²) in [7, 11) is -3.53. The number of rotatable bonds is 5. The van der Waals surface area contributed by atoms with E-state index >= 15 is 0 Å². The van der Waals surface area contributed by atoms with Gasteiger partial charge in [-0.15, -0.1) is 0 Å². The first-order chi connectivity index (χ1) is 11.8. The Morgan fingerprint density at radius 3 is 2.56 bits per heavy atom. The van der Waals surface area contributed by atoms with Crippen LogP contribution in [0.1, 0.15) is 16.7 Å². The van der Waals surface area contributed by atoms with E-state index in [4.69, 9.17) is 0 Å². The fourth-order valence-electron chi connectivity index (χ4n) is 2.51. The molecule has 0 saturated heterocycles. The summed E-state index contributed by atoms with van der Waals surface area (Å²) in [6, 6.07) is 12.8. The average molecular weight is 374 g/mol. The zero-order valence-corrected chi connectivity index (χ0v) is 15.6. The van der Waals surface area contributed by atoms with Gasteiger partial charge in [-0.05, 0) is 36.6 Å². The van der Waals surface area contributed by atoms with Gasteiger partial charge >= 0.3 is 0 Å². The molecule has 1 aromatic heterocycles. The standard InChI is InChI=1S/C18H18N2O3S2/c1-12-8-9-15-17(13(12)2)20-18(24-15)19-16(21)11-25(22,23)10-14-6-4-3-5-7-14/h3-9H,10-11H2,1-2H3,(H,19,20,21). The van der Waals surface area contributed by atoms with Gasteiger partial charge in [0.05, 0.1) is 16.0 Å². The number of nitrogens with zero attached hydrogens (tertiary/aromatic N) is 1. The van der Waals surface area contributed by atoms with Crippen molar-refractivity contribution in [3.8, 4) is 0 Å². The Morgan fingerprint density at radius 1 is 1.12 bits per heavy atom. The summed E-state index contributed by atoms with van der Waals surface area (Å²) in [5.74, 6) is -1.28. The van der Waals surface area contributed by atoms with E-state index in [0.717, 1.165) is 21.3 Å². The second kappa shape index (κ2) is 6.93. The summed E-state index contributed by atoms with van der Waals surface area (Å²) in [6.07, 6.45) is 0. The fraction of sp³-hybridized carbons (Fsp3) is 0.222. The molecule has 3 rings (SSSR count). The van der Waals surface area contributed by atoms with Crippen LogP contribution in [-0.2, 0) is 20.4 Å². The first kappa shape index (κ1) is 17.6. The van der Waals surface area contributed by atoms with Crippen molar-refractivity contribution in [2.45, 2.75) is 19.6 Å².